The van der Waals surface area contributed by atoms with Gasteiger partial charge in [0.05, 0.1) is 29.2 Å². The SMILES string of the molecule is C[C@@]1(NC(=O)Cc2csc(-c3cccc(F)c3)n2)CCS(=O)(=O)C1. The van der Waals surface area contributed by atoms with Crippen molar-refractivity contribution in [1.29, 1.82) is 0 Å². The number of sulfone groups is 1. The predicted molar refractivity (Wildman–Crippen MR) is 91.0 cm³/mol. The van der Waals surface area contributed by atoms with Crippen LogP contribution in [0.1, 0.15) is 19.0 Å². The molecule has 0 bridgehead atoms. The van der Waals surface area contributed by atoms with Crippen molar-refractivity contribution in [2.24, 2.45) is 0 Å². The quantitative estimate of drug-likeness (QED) is 0.897. The van der Waals surface area contributed by atoms with Gasteiger partial charge in [-0.3, -0.25) is 4.79 Å². The van der Waals surface area contributed by atoms with Gasteiger partial charge in [-0.1, -0.05) is 12.1 Å². The second kappa shape index (κ2) is 6.25. The van der Waals surface area contributed by atoms with Gasteiger partial charge < -0.3 is 5.32 Å². The van der Waals surface area contributed by atoms with Crippen LogP contribution in [0, 0.1) is 5.82 Å². The average Bonchev–Trinajstić information content (AvgIpc) is 3.03. The number of amides is 1. The third-order valence-electron chi connectivity index (χ3n) is 3.91. The predicted octanol–water partition coefficient (Wildman–Crippen LogP) is 2.19. The summed E-state index contributed by atoms with van der Waals surface area (Å²) >= 11 is 1.34. The molecule has 8 heteroatoms. The molecule has 0 saturated carbocycles. The molecule has 3 rings (SSSR count). The highest BCUT2D eigenvalue weighted by Gasteiger charge is 2.39. The lowest BCUT2D eigenvalue weighted by Gasteiger charge is -2.23. The van der Waals surface area contributed by atoms with Crippen LogP contribution in [0.25, 0.3) is 10.6 Å². The van der Waals surface area contributed by atoms with Crippen LogP contribution in [0.15, 0.2) is 29.6 Å². The molecule has 1 N–H and O–H groups in total. The number of carbonyl (C=O) groups excluding carboxylic acids is 1. The minimum atomic E-state index is -3.07. The lowest BCUT2D eigenvalue weighted by Crippen LogP contribution is -2.47. The van der Waals surface area contributed by atoms with E-state index in [1.807, 2.05) is 0 Å². The normalized spacial score (nSPS) is 22.4. The molecule has 1 fully saturated rings. The van der Waals surface area contributed by atoms with Crippen LogP contribution in [-0.4, -0.2) is 36.4 Å². The Hall–Kier alpha value is -1.80. The van der Waals surface area contributed by atoms with Crippen molar-refractivity contribution in [2.45, 2.75) is 25.3 Å². The second-order valence-electron chi connectivity index (χ2n) is 6.28. The number of hydrogen-bond donors (Lipinski definition) is 1. The van der Waals surface area contributed by atoms with Gasteiger partial charge in [-0.2, -0.15) is 0 Å². The van der Waals surface area contributed by atoms with Crippen LogP contribution in [-0.2, 0) is 21.1 Å². The standard InChI is InChI=1S/C16H17FN2O3S2/c1-16(5-6-24(21,22)10-16)19-14(20)8-13-9-23-15(18-13)11-3-2-4-12(17)7-11/h2-4,7,9H,5-6,8,10H2,1H3,(H,19,20)/t16-/m1/s1. The Morgan fingerprint density at radius 2 is 2.25 bits per heavy atom. The number of halogens is 1. The Morgan fingerprint density at radius 1 is 1.46 bits per heavy atom. The molecule has 1 aromatic carbocycles. The molecule has 1 saturated heterocycles. The fraction of sp³-hybridized carbons (Fsp3) is 0.375. The smallest absolute Gasteiger partial charge is 0.226 e. The third kappa shape index (κ3) is 3.99. The van der Waals surface area contributed by atoms with E-state index in [2.05, 4.69) is 10.3 Å². The van der Waals surface area contributed by atoms with E-state index in [1.165, 1.54) is 23.5 Å². The van der Waals surface area contributed by atoms with E-state index in [1.54, 1.807) is 24.4 Å². The molecule has 1 aliphatic rings. The number of rotatable bonds is 4. The number of benzene rings is 1. The molecule has 1 aromatic heterocycles. The van der Waals surface area contributed by atoms with Gasteiger partial charge in [-0.25, -0.2) is 17.8 Å². The van der Waals surface area contributed by atoms with Crippen LogP contribution in [0.3, 0.4) is 0 Å². The molecular weight excluding hydrogens is 351 g/mol. The van der Waals surface area contributed by atoms with Crippen LogP contribution in [0.2, 0.25) is 0 Å². The molecule has 2 aromatic rings. The summed E-state index contributed by atoms with van der Waals surface area (Å²) < 4.78 is 36.4. The van der Waals surface area contributed by atoms with Gasteiger partial charge in [0.25, 0.3) is 0 Å². The molecule has 2 heterocycles. The van der Waals surface area contributed by atoms with E-state index < -0.39 is 15.4 Å². The molecule has 1 atom stereocenters. The average molecular weight is 368 g/mol. The first-order chi connectivity index (χ1) is 11.2. The molecule has 5 nitrogen and oxygen atoms in total. The largest absolute Gasteiger partial charge is 0.350 e. The highest BCUT2D eigenvalue weighted by Crippen LogP contribution is 2.25. The van der Waals surface area contributed by atoms with Crippen molar-refractivity contribution in [3.05, 3.63) is 41.2 Å². The van der Waals surface area contributed by atoms with Crippen LogP contribution < -0.4 is 5.32 Å². The van der Waals surface area contributed by atoms with Crippen LogP contribution >= 0.6 is 11.3 Å². The van der Waals surface area contributed by atoms with Crippen molar-refractivity contribution < 1.29 is 17.6 Å². The van der Waals surface area contributed by atoms with Crippen molar-refractivity contribution >= 4 is 27.1 Å². The molecule has 24 heavy (non-hydrogen) atoms. The molecule has 128 valence electrons. The summed E-state index contributed by atoms with van der Waals surface area (Å²) in [6.07, 6.45) is 0.494. The highest BCUT2D eigenvalue weighted by molar-refractivity contribution is 7.91. The minimum Gasteiger partial charge on any atom is -0.350 e. The maximum Gasteiger partial charge on any atom is 0.226 e. The Labute approximate surface area is 143 Å². The van der Waals surface area contributed by atoms with E-state index in [4.69, 9.17) is 0 Å². The van der Waals surface area contributed by atoms with Crippen molar-refractivity contribution in [2.75, 3.05) is 11.5 Å². The molecule has 1 aliphatic heterocycles. The van der Waals surface area contributed by atoms with Gasteiger partial charge in [0.15, 0.2) is 9.84 Å². The second-order valence-corrected chi connectivity index (χ2v) is 9.32. The summed E-state index contributed by atoms with van der Waals surface area (Å²) in [5.41, 5.74) is 0.541. The Morgan fingerprint density at radius 3 is 2.92 bits per heavy atom. The number of carbonyl (C=O) groups is 1. The van der Waals surface area contributed by atoms with Gasteiger partial charge in [0.1, 0.15) is 10.8 Å². The zero-order valence-electron chi connectivity index (χ0n) is 13.1. The van der Waals surface area contributed by atoms with E-state index in [0.29, 0.717) is 22.7 Å². The van der Waals surface area contributed by atoms with Crippen molar-refractivity contribution in [3.8, 4) is 10.6 Å². The fourth-order valence-corrected chi connectivity index (χ4v) is 5.71. The zero-order chi connectivity index (χ0) is 17.4. The number of thiazole rings is 1. The monoisotopic (exact) mass is 368 g/mol. The summed E-state index contributed by atoms with van der Waals surface area (Å²) in [6.45, 7) is 1.74. The van der Waals surface area contributed by atoms with Crippen molar-refractivity contribution in [3.63, 3.8) is 0 Å². The van der Waals surface area contributed by atoms with Gasteiger partial charge in [-0.15, -0.1) is 11.3 Å². The molecule has 0 unspecified atom stereocenters. The number of aromatic nitrogens is 1. The molecular formula is C16H17FN2O3S2. The van der Waals surface area contributed by atoms with E-state index >= 15 is 0 Å². The van der Waals surface area contributed by atoms with Crippen LogP contribution in [0.4, 0.5) is 4.39 Å². The lowest BCUT2D eigenvalue weighted by atomic mass is 10.0. The lowest BCUT2D eigenvalue weighted by molar-refractivity contribution is -0.121. The summed E-state index contributed by atoms with van der Waals surface area (Å²) in [5, 5.41) is 5.21. The molecule has 0 spiro atoms. The zero-order valence-corrected chi connectivity index (χ0v) is 14.7. The summed E-state index contributed by atoms with van der Waals surface area (Å²) in [6, 6.07) is 6.13. The number of nitrogens with one attached hydrogen (secondary N) is 1. The Bertz CT molecular complexity index is 879. The first-order valence-electron chi connectivity index (χ1n) is 7.47. The van der Waals surface area contributed by atoms with E-state index in [0.717, 1.165) is 0 Å². The fourth-order valence-electron chi connectivity index (χ4n) is 2.80. The maximum atomic E-state index is 13.3. The topological polar surface area (TPSA) is 76.1 Å². The van der Waals surface area contributed by atoms with E-state index in [9.17, 15) is 17.6 Å². The number of hydrogen-bond acceptors (Lipinski definition) is 5. The summed E-state index contributed by atoms with van der Waals surface area (Å²) in [4.78, 5) is 16.5. The summed E-state index contributed by atoms with van der Waals surface area (Å²) in [5.74, 6) is -0.523. The molecule has 1 amide bonds. The first kappa shape index (κ1) is 17.0. The van der Waals surface area contributed by atoms with Gasteiger partial charge in [-0.05, 0) is 25.5 Å². The van der Waals surface area contributed by atoms with Gasteiger partial charge in [0, 0.05) is 10.9 Å². The third-order valence-corrected chi connectivity index (χ3v) is 6.75. The molecule has 0 aliphatic carbocycles. The summed E-state index contributed by atoms with van der Waals surface area (Å²) in [7, 11) is -3.07. The Balaban J connectivity index is 1.66. The van der Waals surface area contributed by atoms with Crippen LogP contribution in [0.5, 0.6) is 0 Å². The maximum absolute atomic E-state index is 13.3. The van der Waals surface area contributed by atoms with Crippen molar-refractivity contribution in [1.82, 2.24) is 10.3 Å². The Kier molecular flexibility index (Phi) is 4.44. The number of nitrogens with zero attached hydrogens (tertiary/aromatic N) is 1. The minimum absolute atomic E-state index is 0.0304. The van der Waals surface area contributed by atoms with Gasteiger partial charge >= 0.3 is 0 Å². The van der Waals surface area contributed by atoms with E-state index in [-0.39, 0.29) is 29.7 Å². The molecule has 0 radical (unpaired) electrons. The van der Waals surface area contributed by atoms with Gasteiger partial charge in [0.2, 0.25) is 5.91 Å². The highest BCUT2D eigenvalue weighted by atomic mass is 32.2. The first-order valence-corrected chi connectivity index (χ1v) is 10.2.